The summed E-state index contributed by atoms with van der Waals surface area (Å²) in [6.45, 7) is 3.81. The first-order chi connectivity index (χ1) is 16.2. The minimum absolute atomic E-state index is 0.201. The van der Waals surface area contributed by atoms with Gasteiger partial charge >= 0.3 is 0 Å². The molecule has 1 N–H and O–H groups in total. The van der Waals surface area contributed by atoms with Crippen LogP contribution in [0, 0.1) is 11.8 Å². The monoisotopic (exact) mass is 485 g/mol. The van der Waals surface area contributed by atoms with Crippen LogP contribution < -0.4 is 4.90 Å². The minimum Gasteiger partial charge on any atom is -0.394 e. The van der Waals surface area contributed by atoms with E-state index in [4.69, 9.17) is 16.3 Å². The fraction of sp³-hybridized carbons (Fsp3) is 0.480. The van der Waals surface area contributed by atoms with E-state index in [9.17, 15) is 19.5 Å². The van der Waals surface area contributed by atoms with E-state index in [2.05, 4.69) is 0 Å². The number of ether oxygens (including phenoxy) is 1. The van der Waals surface area contributed by atoms with Crippen molar-refractivity contribution in [3.05, 3.63) is 53.6 Å². The standard InChI is InChI=1S/C25H28ClN3O5/c1-15(14-30)29-20-23(33)28(17-9-5-4-8-16(17)26)13-7-11-25(20)19(22(29)32)18-21(31)27(3)12-6-10-24(18,2)34-25/h4-11,15,18-20,30H,12-14H2,1-3H3/t15-,18+,19+,20?,24-,25+/m1/s1. The third-order valence-electron chi connectivity index (χ3n) is 7.58. The van der Waals surface area contributed by atoms with Gasteiger partial charge in [0.1, 0.15) is 11.6 Å². The van der Waals surface area contributed by atoms with Crippen LogP contribution in [0.1, 0.15) is 13.8 Å². The van der Waals surface area contributed by atoms with Crippen molar-refractivity contribution in [3.8, 4) is 0 Å². The SMILES string of the molecule is C[C@H](CO)N1C(=O)[C@@H]2[C@H]3C(=O)N(C)CC=C[C@@]3(C)O[C@@]23C=CCN(c2ccccc2Cl)C(=O)C13. The van der Waals surface area contributed by atoms with Crippen LogP contribution >= 0.6 is 11.6 Å². The smallest absolute Gasteiger partial charge is 0.253 e. The van der Waals surface area contributed by atoms with Gasteiger partial charge in [-0.1, -0.05) is 48.0 Å². The van der Waals surface area contributed by atoms with Crippen molar-refractivity contribution in [2.24, 2.45) is 11.8 Å². The Morgan fingerprint density at radius 3 is 2.50 bits per heavy atom. The number of nitrogens with zero attached hydrogens (tertiary/aromatic N) is 3. The molecule has 6 atom stereocenters. The summed E-state index contributed by atoms with van der Waals surface area (Å²) in [5.41, 5.74) is -1.89. The second kappa shape index (κ2) is 7.93. The molecule has 3 amide bonds. The number of hydrogen-bond donors (Lipinski definition) is 1. The maximum atomic E-state index is 14.2. The van der Waals surface area contributed by atoms with Crippen LogP contribution in [0.4, 0.5) is 5.69 Å². The third-order valence-corrected chi connectivity index (χ3v) is 7.90. The van der Waals surface area contributed by atoms with E-state index in [1.165, 1.54) is 9.80 Å². The van der Waals surface area contributed by atoms with Gasteiger partial charge in [0, 0.05) is 20.1 Å². The van der Waals surface area contributed by atoms with Crippen LogP contribution in [0.25, 0.3) is 0 Å². The Hall–Kier alpha value is -2.68. The van der Waals surface area contributed by atoms with E-state index < -0.39 is 35.1 Å². The highest BCUT2D eigenvalue weighted by Gasteiger charge is 2.75. The molecule has 2 fully saturated rings. The van der Waals surface area contributed by atoms with E-state index in [0.29, 0.717) is 17.3 Å². The molecule has 5 rings (SSSR count). The Morgan fingerprint density at radius 1 is 1.09 bits per heavy atom. The van der Waals surface area contributed by atoms with Gasteiger partial charge in [0.25, 0.3) is 5.91 Å². The van der Waals surface area contributed by atoms with Crippen molar-refractivity contribution in [2.45, 2.75) is 37.1 Å². The minimum atomic E-state index is -1.36. The van der Waals surface area contributed by atoms with Gasteiger partial charge in [0.2, 0.25) is 11.8 Å². The molecule has 0 aliphatic carbocycles. The molecule has 4 heterocycles. The summed E-state index contributed by atoms with van der Waals surface area (Å²) in [6, 6.07) is 5.33. The second-order valence-corrected chi connectivity index (χ2v) is 10.1. The zero-order valence-corrected chi connectivity index (χ0v) is 20.1. The van der Waals surface area contributed by atoms with Crippen molar-refractivity contribution >= 4 is 35.0 Å². The number of halogens is 1. The molecule has 4 aliphatic rings. The third kappa shape index (κ3) is 3.01. The zero-order valence-electron chi connectivity index (χ0n) is 19.3. The maximum Gasteiger partial charge on any atom is 0.253 e. The zero-order chi connectivity index (χ0) is 24.4. The van der Waals surface area contributed by atoms with E-state index in [1.807, 2.05) is 12.2 Å². The van der Waals surface area contributed by atoms with Crippen LogP contribution in [0.3, 0.4) is 0 Å². The van der Waals surface area contributed by atoms with Gasteiger partial charge in [-0.2, -0.15) is 0 Å². The Morgan fingerprint density at radius 2 is 1.79 bits per heavy atom. The predicted octanol–water partition coefficient (Wildman–Crippen LogP) is 1.62. The molecular weight excluding hydrogens is 458 g/mol. The normalized spacial score (nSPS) is 35.7. The summed E-state index contributed by atoms with van der Waals surface area (Å²) < 4.78 is 6.68. The topological polar surface area (TPSA) is 90.4 Å². The molecule has 8 nitrogen and oxygen atoms in total. The lowest BCUT2D eigenvalue weighted by Crippen LogP contribution is -2.58. The molecule has 180 valence electrons. The van der Waals surface area contributed by atoms with E-state index in [0.717, 1.165) is 0 Å². The summed E-state index contributed by atoms with van der Waals surface area (Å²) >= 11 is 6.43. The number of para-hydroxylation sites is 1. The van der Waals surface area contributed by atoms with E-state index in [-0.39, 0.29) is 30.9 Å². The predicted molar refractivity (Wildman–Crippen MR) is 126 cm³/mol. The highest BCUT2D eigenvalue weighted by atomic mass is 35.5. The average molecular weight is 486 g/mol. The summed E-state index contributed by atoms with van der Waals surface area (Å²) in [4.78, 5) is 46.2. The molecule has 34 heavy (non-hydrogen) atoms. The molecule has 1 aromatic rings. The molecular formula is C25H28ClN3O5. The number of hydrogen-bond acceptors (Lipinski definition) is 5. The Balaban J connectivity index is 1.69. The number of benzene rings is 1. The van der Waals surface area contributed by atoms with Crippen LogP contribution in [-0.4, -0.2) is 82.7 Å². The van der Waals surface area contributed by atoms with Gasteiger partial charge in [0.05, 0.1) is 40.8 Å². The molecule has 1 aromatic carbocycles. The highest BCUT2D eigenvalue weighted by Crippen LogP contribution is 2.57. The number of fused-ring (bicyclic) bond motifs is 2. The lowest BCUT2D eigenvalue weighted by molar-refractivity contribution is -0.150. The fourth-order valence-electron chi connectivity index (χ4n) is 6.03. The van der Waals surface area contributed by atoms with Gasteiger partial charge < -0.3 is 24.5 Å². The van der Waals surface area contributed by atoms with Gasteiger partial charge in [0.15, 0.2) is 0 Å². The van der Waals surface area contributed by atoms with Crippen LogP contribution in [-0.2, 0) is 19.1 Å². The van der Waals surface area contributed by atoms with Crippen LogP contribution in [0.15, 0.2) is 48.6 Å². The molecule has 4 aliphatic heterocycles. The fourth-order valence-corrected chi connectivity index (χ4v) is 6.27. The number of aliphatic hydroxyl groups is 1. The van der Waals surface area contributed by atoms with Gasteiger partial charge in [-0.25, -0.2) is 0 Å². The molecule has 1 unspecified atom stereocenters. The van der Waals surface area contributed by atoms with Crippen LogP contribution in [0.2, 0.25) is 5.02 Å². The number of amides is 3. The number of carbonyl (C=O) groups is 3. The highest BCUT2D eigenvalue weighted by molar-refractivity contribution is 6.34. The largest absolute Gasteiger partial charge is 0.394 e. The summed E-state index contributed by atoms with van der Waals surface area (Å²) in [7, 11) is 1.70. The van der Waals surface area contributed by atoms with Gasteiger partial charge in [-0.15, -0.1) is 0 Å². The quantitative estimate of drug-likeness (QED) is 0.657. The molecule has 0 saturated carbocycles. The van der Waals surface area contributed by atoms with Crippen LogP contribution in [0.5, 0.6) is 0 Å². The van der Waals surface area contributed by atoms with Crippen molar-refractivity contribution in [3.63, 3.8) is 0 Å². The van der Waals surface area contributed by atoms with Gasteiger partial charge in [-0.3, -0.25) is 14.4 Å². The van der Waals surface area contributed by atoms with E-state index >= 15 is 0 Å². The number of carbonyl (C=O) groups excluding carboxylic acids is 3. The Labute approximate surface area is 203 Å². The molecule has 0 aromatic heterocycles. The first-order valence-corrected chi connectivity index (χ1v) is 11.8. The van der Waals surface area contributed by atoms with Crippen molar-refractivity contribution < 1.29 is 24.2 Å². The maximum absolute atomic E-state index is 14.2. The lowest BCUT2D eigenvalue weighted by Gasteiger charge is -2.39. The summed E-state index contributed by atoms with van der Waals surface area (Å²) in [5.74, 6) is -2.63. The lowest BCUT2D eigenvalue weighted by atomic mass is 9.74. The molecule has 1 spiro atoms. The first-order valence-electron chi connectivity index (χ1n) is 11.5. The number of rotatable bonds is 3. The number of aliphatic hydroxyl groups excluding tert-OH is 1. The first kappa shape index (κ1) is 23.1. The van der Waals surface area contributed by atoms with Gasteiger partial charge in [-0.05, 0) is 26.0 Å². The van der Waals surface area contributed by atoms with Crippen molar-refractivity contribution in [1.82, 2.24) is 9.80 Å². The molecule has 0 bridgehead atoms. The molecule has 2 saturated heterocycles. The Bertz CT molecular complexity index is 1120. The number of anilines is 1. The molecule has 0 radical (unpaired) electrons. The van der Waals surface area contributed by atoms with Crippen molar-refractivity contribution in [2.75, 3.05) is 31.6 Å². The average Bonchev–Trinajstić information content (AvgIpc) is 3.09. The summed E-state index contributed by atoms with van der Waals surface area (Å²) in [6.07, 6.45) is 7.29. The molecule has 9 heteroatoms. The van der Waals surface area contributed by atoms with Crippen molar-refractivity contribution in [1.29, 1.82) is 0 Å². The number of likely N-dealkylation sites (tertiary alicyclic amines) is 1. The summed E-state index contributed by atoms with van der Waals surface area (Å²) in [5, 5.41) is 10.4. The number of likely N-dealkylation sites (N-methyl/N-ethyl adjacent to an activating group) is 1. The van der Waals surface area contributed by atoms with E-state index in [1.54, 1.807) is 62.2 Å². The Kier molecular flexibility index (Phi) is 5.39. The second-order valence-electron chi connectivity index (χ2n) is 9.70.